The first-order valence-corrected chi connectivity index (χ1v) is 7.36. The first-order valence-electron chi connectivity index (χ1n) is 7.36. The van der Waals surface area contributed by atoms with E-state index in [9.17, 15) is 4.79 Å². The summed E-state index contributed by atoms with van der Waals surface area (Å²) in [4.78, 5) is 14.6. The van der Waals surface area contributed by atoms with Crippen LogP contribution in [0, 0.1) is 25.2 Å². The van der Waals surface area contributed by atoms with Gasteiger partial charge < -0.3 is 14.2 Å². The van der Waals surface area contributed by atoms with Crippen LogP contribution in [-0.4, -0.2) is 10.1 Å². The van der Waals surface area contributed by atoms with Crippen molar-refractivity contribution in [1.82, 2.24) is 10.1 Å². The summed E-state index contributed by atoms with van der Waals surface area (Å²) >= 11 is 0. The second-order valence-corrected chi connectivity index (χ2v) is 5.38. The molecule has 0 aliphatic rings. The number of nitrogens with one attached hydrogen (secondary N) is 1. The molecular formula is C18H15N3O3. The number of aromatic amines is 1. The zero-order valence-electron chi connectivity index (χ0n) is 13.3. The fourth-order valence-corrected chi connectivity index (χ4v) is 2.45. The molecule has 3 aromatic rings. The van der Waals surface area contributed by atoms with E-state index < -0.39 is 0 Å². The zero-order chi connectivity index (χ0) is 17.1. The van der Waals surface area contributed by atoms with Crippen molar-refractivity contribution in [2.45, 2.75) is 20.5 Å². The van der Waals surface area contributed by atoms with Gasteiger partial charge in [0.25, 0.3) is 5.56 Å². The average molecular weight is 321 g/mol. The number of rotatable bonds is 4. The van der Waals surface area contributed by atoms with E-state index in [-0.39, 0.29) is 17.9 Å². The number of benzene rings is 1. The van der Waals surface area contributed by atoms with Crippen LogP contribution in [0.4, 0.5) is 0 Å². The molecule has 0 saturated heterocycles. The summed E-state index contributed by atoms with van der Waals surface area (Å²) in [5.41, 5.74) is 3.51. The summed E-state index contributed by atoms with van der Waals surface area (Å²) in [6, 6.07) is 10.8. The van der Waals surface area contributed by atoms with Gasteiger partial charge in [0.2, 0.25) is 0 Å². The van der Waals surface area contributed by atoms with E-state index in [2.05, 4.69) is 16.2 Å². The molecule has 6 nitrogen and oxygen atoms in total. The molecule has 0 fully saturated rings. The first kappa shape index (κ1) is 15.6. The quantitative estimate of drug-likeness (QED) is 0.797. The maximum atomic E-state index is 12.0. The molecule has 0 atom stereocenters. The van der Waals surface area contributed by atoms with Crippen LogP contribution in [0.1, 0.15) is 22.6 Å². The van der Waals surface area contributed by atoms with Crippen LogP contribution in [0.3, 0.4) is 0 Å². The normalized spacial score (nSPS) is 10.4. The molecule has 0 unspecified atom stereocenters. The van der Waals surface area contributed by atoms with Crippen LogP contribution in [0.5, 0.6) is 5.75 Å². The third-order valence-electron chi connectivity index (χ3n) is 3.67. The SMILES string of the molecule is Cc1noc(C)c1-c1c[nH]c(=O)c(OCc2ccc(C#N)cc2)c1. The Morgan fingerprint density at radius 3 is 2.67 bits per heavy atom. The molecule has 0 aliphatic heterocycles. The van der Waals surface area contributed by atoms with Crippen LogP contribution in [-0.2, 0) is 6.61 Å². The van der Waals surface area contributed by atoms with Gasteiger partial charge in [-0.1, -0.05) is 17.3 Å². The Hall–Kier alpha value is -3.33. The smallest absolute Gasteiger partial charge is 0.290 e. The predicted molar refractivity (Wildman–Crippen MR) is 87.5 cm³/mol. The molecular weight excluding hydrogens is 306 g/mol. The molecule has 0 amide bonds. The summed E-state index contributed by atoms with van der Waals surface area (Å²) < 4.78 is 10.8. The van der Waals surface area contributed by atoms with E-state index in [0.29, 0.717) is 11.3 Å². The minimum absolute atomic E-state index is 0.219. The largest absolute Gasteiger partial charge is 0.483 e. The fourth-order valence-electron chi connectivity index (χ4n) is 2.45. The van der Waals surface area contributed by atoms with E-state index in [4.69, 9.17) is 14.5 Å². The van der Waals surface area contributed by atoms with Gasteiger partial charge in [-0.3, -0.25) is 4.79 Å². The van der Waals surface area contributed by atoms with Gasteiger partial charge in [-0.25, -0.2) is 0 Å². The molecule has 3 rings (SSSR count). The molecule has 2 heterocycles. The van der Waals surface area contributed by atoms with Crippen molar-refractivity contribution in [3.63, 3.8) is 0 Å². The third-order valence-corrected chi connectivity index (χ3v) is 3.67. The van der Waals surface area contributed by atoms with E-state index in [1.54, 1.807) is 36.5 Å². The predicted octanol–water partition coefficient (Wildman–Crippen LogP) is 3.10. The van der Waals surface area contributed by atoms with E-state index in [0.717, 1.165) is 22.4 Å². The van der Waals surface area contributed by atoms with Crippen molar-refractivity contribution >= 4 is 0 Å². The number of nitrogens with zero attached hydrogens (tertiary/aromatic N) is 2. The molecule has 0 bridgehead atoms. The van der Waals surface area contributed by atoms with E-state index in [1.807, 2.05) is 13.8 Å². The highest BCUT2D eigenvalue weighted by atomic mass is 16.5. The second kappa shape index (κ2) is 6.42. The second-order valence-electron chi connectivity index (χ2n) is 5.38. The number of nitriles is 1. The molecule has 2 aromatic heterocycles. The summed E-state index contributed by atoms with van der Waals surface area (Å²) in [7, 11) is 0. The summed E-state index contributed by atoms with van der Waals surface area (Å²) in [5.74, 6) is 0.898. The monoisotopic (exact) mass is 321 g/mol. The Labute approximate surface area is 138 Å². The van der Waals surface area contributed by atoms with Crippen molar-refractivity contribution in [3.05, 3.63) is 69.5 Å². The number of hydrogen-bond acceptors (Lipinski definition) is 5. The molecule has 1 aromatic carbocycles. The molecule has 1 N–H and O–H groups in total. The number of aromatic nitrogens is 2. The minimum Gasteiger partial charge on any atom is -0.483 e. The highest BCUT2D eigenvalue weighted by Crippen LogP contribution is 2.27. The Balaban J connectivity index is 1.84. The lowest BCUT2D eigenvalue weighted by atomic mass is 10.1. The Morgan fingerprint density at radius 2 is 2.04 bits per heavy atom. The Kier molecular flexibility index (Phi) is 4.17. The maximum Gasteiger partial charge on any atom is 0.290 e. The lowest BCUT2D eigenvalue weighted by Gasteiger charge is -2.07. The fraction of sp³-hybridized carbons (Fsp3) is 0.167. The summed E-state index contributed by atoms with van der Waals surface area (Å²) in [6.45, 7) is 3.89. The average Bonchev–Trinajstić information content (AvgIpc) is 2.93. The molecule has 120 valence electrons. The summed E-state index contributed by atoms with van der Waals surface area (Å²) in [5, 5.41) is 12.7. The number of ether oxygens (including phenoxy) is 1. The Bertz CT molecular complexity index is 943. The van der Waals surface area contributed by atoms with Gasteiger partial charge in [0.05, 0.1) is 17.3 Å². The molecule has 0 radical (unpaired) electrons. The topological polar surface area (TPSA) is 91.9 Å². The number of aryl methyl sites for hydroxylation is 2. The van der Waals surface area contributed by atoms with Crippen molar-refractivity contribution < 1.29 is 9.26 Å². The standard InChI is InChI=1S/C18H15N3O3/c1-11-17(12(2)24-21-11)15-7-16(18(22)20-9-15)23-10-14-5-3-13(8-19)4-6-14/h3-7,9H,10H2,1-2H3,(H,20,22). The zero-order valence-corrected chi connectivity index (χ0v) is 13.3. The molecule has 0 spiro atoms. The van der Waals surface area contributed by atoms with Gasteiger partial charge >= 0.3 is 0 Å². The maximum absolute atomic E-state index is 12.0. The van der Waals surface area contributed by atoms with Crippen LogP contribution in [0.2, 0.25) is 0 Å². The third kappa shape index (κ3) is 3.06. The molecule has 0 aliphatic carbocycles. The molecule has 6 heteroatoms. The van der Waals surface area contributed by atoms with E-state index >= 15 is 0 Å². The van der Waals surface area contributed by atoms with Gasteiger partial charge in [-0.15, -0.1) is 0 Å². The van der Waals surface area contributed by atoms with Crippen LogP contribution < -0.4 is 10.3 Å². The summed E-state index contributed by atoms with van der Waals surface area (Å²) in [6.07, 6.45) is 1.61. The number of pyridine rings is 1. The van der Waals surface area contributed by atoms with Gasteiger partial charge in [0.1, 0.15) is 12.4 Å². The van der Waals surface area contributed by atoms with Gasteiger partial charge in [0.15, 0.2) is 5.75 Å². The Morgan fingerprint density at radius 1 is 1.29 bits per heavy atom. The van der Waals surface area contributed by atoms with Gasteiger partial charge in [-0.05, 0) is 37.6 Å². The molecule has 0 saturated carbocycles. The highest BCUT2D eigenvalue weighted by molar-refractivity contribution is 5.67. The minimum atomic E-state index is -0.306. The first-order chi connectivity index (χ1) is 11.6. The van der Waals surface area contributed by atoms with Crippen molar-refractivity contribution in [2.24, 2.45) is 0 Å². The van der Waals surface area contributed by atoms with Gasteiger partial charge in [0, 0.05) is 17.3 Å². The van der Waals surface area contributed by atoms with Crippen LogP contribution in [0.25, 0.3) is 11.1 Å². The number of hydrogen-bond donors (Lipinski definition) is 1. The lowest BCUT2D eigenvalue weighted by molar-refractivity contribution is 0.302. The van der Waals surface area contributed by atoms with Crippen LogP contribution in [0.15, 0.2) is 45.8 Å². The molecule has 24 heavy (non-hydrogen) atoms. The van der Waals surface area contributed by atoms with Crippen molar-refractivity contribution in [3.8, 4) is 22.9 Å². The van der Waals surface area contributed by atoms with Crippen molar-refractivity contribution in [1.29, 1.82) is 5.26 Å². The highest BCUT2D eigenvalue weighted by Gasteiger charge is 2.13. The van der Waals surface area contributed by atoms with Crippen molar-refractivity contribution in [2.75, 3.05) is 0 Å². The van der Waals surface area contributed by atoms with Gasteiger partial charge in [-0.2, -0.15) is 5.26 Å². The lowest BCUT2D eigenvalue weighted by Crippen LogP contribution is -2.11. The van der Waals surface area contributed by atoms with E-state index in [1.165, 1.54) is 0 Å². The number of H-pyrrole nitrogens is 1. The van der Waals surface area contributed by atoms with Crippen LogP contribution >= 0.6 is 0 Å².